The molecule has 0 aliphatic carbocycles. The summed E-state index contributed by atoms with van der Waals surface area (Å²) in [6.07, 6.45) is 4.33. The minimum Gasteiger partial charge on any atom is -0.313 e. The van der Waals surface area contributed by atoms with Crippen LogP contribution in [0.3, 0.4) is 0 Å². The van der Waals surface area contributed by atoms with Gasteiger partial charge in [0, 0.05) is 6.54 Å². The molecule has 3 heteroatoms. The first kappa shape index (κ1) is 8.38. The Bertz CT molecular complexity index is 308. The fourth-order valence-corrected chi connectivity index (χ4v) is 1.39. The fourth-order valence-electron chi connectivity index (χ4n) is 1.39. The Kier molecular flexibility index (Phi) is 2.36. The van der Waals surface area contributed by atoms with Gasteiger partial charge in [-0.1, -0.05) is 5.57 Å². The van der Waals surface area contributed by atoms with Crippen LogP contribution in [0.1, 0.15) is 12.1 Å². The Hall–Kier alpha value is -1.22. The average Bonchev–Trinajstić information content (AvgIpc) is 2.62. The Morgan fingerprint density at radius 3 is 3.00 bits per heavy atom. The second kappa shape index (κ2) is 3.66. The molecule has 0 radical (unpaired) electrons. The van der Waals surface area contributed by atoms with E-state index in [0.29, 0.717) is 0 Å². The van der Waals surface area contributed by atoms with Crippen molar-refractivity contribution in [2.75, 3.05) is 13.1 Å². The molecule has 1 aliphatic heterocycles. The molecule has 1 fully saturated rings. The van der Waals surface area contributed by atoms with Crippen molar-refractivity contribution in [1.82, 2.24) is 10.3 Å². The standard InChI is InChI=1S/C10H11FN2/c11-9-1-2-10(13-7-9)5-8-3-4-12-6-8/h1-2,5,7,12H,3-4,6H2/b8-5+. The maximum atomic E-state index is 12.5. The molecule has 0 spiro atoms. The zero-order valence-electron chi connectivity index (χ0n) is 7.26. The normalized spacial score (nSPS) is 19.6. The second-order valence-electron chi connectivity index (χ2n) is 3.13. The molecule has 0 amide bonds. The third-order valence-corrected chi connectivity index (χ3v) is 2.08. The highest BCUT2D eigenvalue weighted by Crippen LogP contribution is 2.10. The Morgan fingerprint density at radius 2 is 2.38 bits per heavy atom. The monoisotopic (exact) mass is 178 g/mol. The Morgan fingerprint density at radius 1 is 1.46 bits per heavy atom. The number of rotatable bonds is 1. The Labute approximate surface area is 76.5 Å². The lowest BCUT2D eigenvalue weighted by molar-refractivity contribution is 0.621. The molecule has 1 aromatic heterocycles. The third kappa shape index (κ3) is 2.12. The fraction of sp³-hybridized carbons (Fsp3) is 0.300. The molecule has 2 nitrogen and oxygen atoms in total. The number of hydrogen-bond donors (Lipinski definition) is 1. The van der Waals surface area contributed by atoms with Crippen molar-refractivity contribution in [2.45, 2.75) is 6.42 Å². The average molecular weight is 178 g/mol. The van der Waals surface area contributed by atoms with E-state index < -0.39 is 0 Å². The van der Waals surface area contributed by atoms with Gasteiger partial charge in [0.1, 0.15) is 5.82 Å². The molecule has 1 N–H and O–H groups in total. The van der Waals surface area contributed by atoms with Gasteiger partial charge in [-0.15, -0.1) is 0 Å². The van der Waals surface area contributed by atoms with Gasteiger partial charge in [0.15, 0.2) is 0 Å². The van der Waals surface area contributed by atoms with Crippen LogP contribution in [0.4, 0.5) is 4.39 Å². The summed E-state index contributed by atoms with van der Waals surface area (Å²) in [6, 6.07) is 3.13. The molecule has 2 heterocycles. The summed E-state index contributed by atoms with van der Waals surface area (Å²) in [7, 11) is 0. The zero-order chi connectivity index (χ0) is 9.10. The van der Waals surface area contributed by atoms with Crippen molar-refractivity contribution >= 4 is 6.08 Å². The summed E-state index contributed by atoms with van der Waals surface area (Å²) in [4.78, 5) is 3.96. The predicted molar refractivity (Wildman–Crippen MR) is 49.7 cm³/mol. The first-order valence-corrected chi connectivity index (χ1v) is 4.36. The first-order valence-electron chi connectivity index (χ1n) is 4.36. The molecule has 2 rings (SSSR count). The van der Waals surface area contributed by atoms with Gasteiger partial charge in [-0.3, -0.25) is 4.98 Å². The van der Waals surface area contributed by atoms with Crippen LogP contribution >= 0.6 is 0 Å². The predicted octanol–water partition coefficient (Wildman–Crippen LogP) is 1.60. The number of aromatic nitrogens is 1. The lowest BCUT2D eigenvalue weighted by Crippen LogP contribution is -2.04. The third-order valence-electron chi connectivity index (χ3n) is 2.08. The van der Waals surface area contributed by atoms with E-state index >= 15 is 0 Å². The summed E-state index contributed by atoms with van der Waals surface area (Å²) in [5.74, 6) is -0.285. The van der Waals surface area contributed by atoms with Crippen molar-refractivity contribution < 1.29 is 4.39 Å². The lowest BCUT2D eigenvalue weighted by Gasteiger charge is -1.95. The highest BCUT2D eigenvalue weighted by molar-refractivity contribution is 5.49. The van der Waals surface area contributed by atoms with Gasteiger partial charge >= 0.3 is 0 Å². The van der Waals surface area contributed by atoms with E-state index in [-0.39, 0.29) is 5.82 Å². The van der Waals surface area contributed by atoms with Crippen LogP contribution in [0.2, 0.25) is 0 Å². The van der Waals surface area contributed by atoms with Crippen LogP contribution in [0.15, 0.2) is 23.9 Å². The number of pyridine rings is 1. The smallest absolute Gasteiger partial charge is 0.141 e. The van der Waals surface area contributed by atoms with Gasteiger partial charge in [0.2, 0.25) is 0 Å². The molecular weight excluding hydrogens is 167 g/mol. The SMILES string of the molecule is Fc1ccc(/C=C2\CCNC2)nc1. The van der Waals surface area contributed by atoms with Gasteiger partial charge in [0.05, 0.1) is 11.9 Å². The number of nitrogens with one attached hydrogen (secondary N) is 1. The molecule has 1 aliphatic rings. The summed E-state index contributed by atoms with van der Waals surface area (Å²) in [5, 5.41) is 3.23. The number of hydrogen-bond acceptors (Lipinski definition) is 2. The molecule has 1 aromatic rings. The van der Waals surface area contributed by atoms with Gasteiger partial charge in [-0.2, -0.15) is 0 Å². The second-order valence-corrected chi connectivity index (χ2v) is 3.13. The van der Waals surface area contributed by atoms with E-state index in [9.17, 15) is 4.39 Å². The number of nitrogens with zero attached hydrogens (tertiary/aromatic N) is 1. The van der Waals surface area contributed by atoms with Crippen molar-refractivity contribution in [2.24, 2.45) is 0 Å². The summed E-state index contributed by atoms with van der Waals surface area (Å²) < 4.78 is 12.5. The lowest BCUT2D eigenvalue weighted by atomic mass is 10.2. The minimum atomic E-state index is -0.285. The maximum Gasteiger partial charge on any atom is 0.141 e. The molecule has 0 aromatic carbocycles. The minimum absolute atomic E-state index is 0.285. The zero-order valence-corrected chi connectivity index (χ0v) is 7.26. The van der Waals surface area contributed by atoms with Gasteiger partial charge < -0.3 is 5.32 Å². The van der Waals surface area contributed by atoms with Crippen molar-refractivity contribution in [3.8, 4) is 0 Å². The summed E-state index contributed by atoms with van der Waals surface area (Å²) in [5.41, 5.74) is 2.17. The molecule has 0 atom stereocenters. The van der Waals surface area contributed by atoms with Crippen LogP contribution in [0, 0.1) is 5.82 Å². The van der Waals surface area contributed by atoms with E-state index in [0.717, 1.165) is 25.2 Å². The van der Waals surface area contributed by atoms with Crippen molar-refractivity contribution in [1.29, 1.82) is 0 Å². The summed E-state index contributed by atoms with van der Waals surface area (Å²) >= 11 is 0. The van der Waals surface area contributed by atoms with Crippen LogP contribution in [-0.2, 0) is 0 Å². The molecule has 1 saturated heterocycles. The molecule has 0 unspecified atom stereocenters. The van der Waals surface area contributed by atoms with Crippen LogP contribution < -0.4 is 5.32 Å². The molecule has 0 bridgehead atoms. The van der Waals surface area contributed by atoms with Crippen molar-refractivity contribution in [3.05, 3.63) is 35.4 Å². The highest BCUT2D eigenvalue weighted by atomic mass is 19.1. The highest BCUT2D eigenvalue weighted by Gasteiger charge is 2.05. The van der Waals surface area contributed by atoms with Crippen LogP contribution in [0.25, 0.3) is 6.08 Å². The topological polar surface area (TPSA) is 24.9 Å². The number of halogens is 1. The molecule has 13 heavy (non-hydrogen) atoms. The molecular formula is C10H11FN2. The van der Waals surface area contributed by atoms with E-state index in [4.69, 9.17) is 0 Å². The maximum absolute atomic E-state index is 12.5. The van der Waals surface area contributed by atoms with Gasteiger partial charge in [-0.05, 0) is 31.2 Å². The quantitative estimate of drug-likeness (QED) is 0.706. The summed E-state index contributed by atoms with van der Waals surface area (Å²) in [6.45, 7) is 1.96. The van der Waals surface area contributed by atoms with Crippen LogP contribution in [-0.4, -0.2) is 18.1 Å². The Balaban J connectivity index is 2.17. The van der Waals surface area contributed by atoms with E-state index in [1.165, 1.54) is 17.8 Å². The largest absolute Gasteiger partial charge is 0.313 e. The van der Waals surface area contributed by atoms with E-state index in [1.807, 2.05) is 6.08 Å². The molecule has 0 saturated carbocycles. The van der Waals surface area contributed by atoms with Crippen LogP contribution in [0.5, 0.6) is 0 Å². The first-order chi connectivity index (χ1) is 6.34. The van der Waals surface area contributed by atoms with Gasteiger partial charge in [0.25, 0.3) is 0 Å². The van der Waals surface area contributed by atoms with E-state index in [1.54, 1.807) is 6.07 Å². The van der Waals surface area contributed by atoms with Gasteiger partial charge in [-0.25, -0.2) is 4.39 Å². The van der Waals surface area contributed by atoms with Crippen molar-refractivity contribution in [3.63, 3.8) is 0 Å². The van der Waals surface area contributed by atoms with E-state index in [2.05, 4.69) is 10.3 Å². The molecule has 68 valence electrons.